The van der Waals surface area contributed by atoms with Gasteiger partial charge >= 0.3 is 0 Å². The Morgan fingerprint density at radius 1 is 1.30 bits per heavy atom. The van der Waals surface area contributed by atoms with Gasteiger partial charge in [-0.2, -0.15) is 0 Å². The highest BCUT2D eigenvalue weighted by Gasteiger charge is 2.27. The van der Waals surface area contributed by atoms with Gasteiger partial charge in [-0.15, -0.1) is 0 Å². The monoisotopic (exact) mass is 318 g/mol. The SMILES string of the molecule is CCNC(=O)C1CCN(Cc2ccc(CCC(C)(C)O)cc2)C1. The molecule has 0 aromatic heterocycles. The predicted molar refractivity (Wildman–Crippen MR) is 93.1 cm³/mol. The van der Waals surface area contributed by atoms with E-state index in [2.05, 4.69) is 34.5 Å². The van der Waals surface area contributed by atoms with Crippen molar-refractivity contribution in [3.8, 4) is 0 Å². The van der Waals surface area contributed by atoms with Crippen LogP contribution in [0.3, 0.4) is 0 Å². The van der Waals surface area contributed by atoms with Crippen molar-refractivity contribution in [1.82, 2.24) is 10.2 Å². The van der Waals surface area contributed by atoms with Crippen molar-refractivity contribution in [3.63, 3.8) is 0 Å². The minimum absolute atomic E-state index is 0.140. The van der Waals surface area contributed by atoms with Gasteiger partial charge in [0.25, 0.3) is 0 Å². The Labute approximate surface area is 139 Å². The number of aryl methyl sites for hydroxylation is 1. The highest BCUT2D eigenvalue weighted by Crippen LogP contribution is 2.20. The Morgan fingerprint density at radius 3 is 2.57 bits per heavy atom. The van der Waals surface area contributed by atoms with E-state index in [4.69, 9.17) is 0 Å². The van der Waals surface area contributed by atoms with Crippen molar-refractivity contribution < 1.29 is 9.90 Å². The highest BCUT2D eigenvalue weighted by atomic mass is 16.3. The molecule has 1 heterocycles. The lowest BCUT2D eigenvalue weighted by Crippen LogP contribution is -2.32. The maximum atomic E-state index is 11.9. The van der Waals surface area contributed by atoms with Crippen LogP contribution >= 0.6 is 0 Å². The van der Waals surface area contributed by atoms with E-state index in [9.17, 15) is 9.90 Å². The second-order valence-electron chi connectivity index (χ2n) is 7.24. The van der Waals surface area contributed by atoms with Crippen molar-refractivity contribution in [3.05, 3.63) is 35.4 Å². The van der Waals surface area contributed by atoms with Crippen LogP contribution in [-0.2, 0) is 17.8 Å². The third-order valence-corrected chi connectivity index (χ3v) is 4.45. The molecule has 0 saturated carbocycles. The summed E-state index contributed by atoms with van der Waals surface area (Å²) in [6, 6.07) is 8.63. The Kier molecular flexibility index (Phi) is 6.19. The number of hydrogen-bond donors (Lipinski definition) is 2. The molecule has 1 aromatic rings. The molecule has 1 aliphatic rings. The maximum Gasteiger partial charge on any atom is 0.224 e. The molecule has 23 heavy (non-hydrogen) atoms. The van der Waals surface area contributed by atoms with Crippen LogP contribution in [0.4, 0.5) is 0 Å². The molecule has 0 radical (unpaired) electrons. The van der Waals surface area contributed by atoms with E-state index in [1.807, 2.05) is 20.8 Å². The average Bonchev–Trinajstić information content (AvgIpc) is 2.95. The van der Waals surface area contributed by atoms with Crippen molar-refractivity contribution in [2.75, 3.05) is 19.6 Å². The number of carbonyl (C=O) groups excluding carboxylic acids is 1. The molecule has 0 spiro atoms. The maximum absolute atomic E-state index is 11.9. The predicted octanol–water partition coefficient (Wildman–Crippen LogP) is 2.35. The minimum atomic E-state index is -0.609. The molecule has 1 fully saturated rings. The molecule has 1 unspecified atom stereocenters. The van der Waals surface area contributed by atoms with E-state index >= 15 is 0 Å². The number of nitrogens with zero attached hydrogens (tertiary/aromatic N) is 1. The van der Waals surface area contributed by atoms with E-state index in [1.54, 1.807) is 0 Å². The Hall–Kier alpha value is -1.39. The molecule has 4 heteroatoms. The summed E-state index contributed by atoms with van der Waals surface area (Å²) in [6.07, 6.45) is 2.62. The van der Waals surface area contributed by atoms with E-state index in [0.717, 1.165) is 38.9 Å². The lowest BCUT2D eigenvalue weighted by atomic mass is 9.98. The van der Waals surface area contributed by atoms with Crippen molar-refractivity contribution in [1.29, 1.82) is 0 Å². The summed E-state index contributed by atoms with van der Waals surface area (Å²) < 4.78 is 0. The zero-order chi connectivity index (χ0) is 16.9. The fourth-order valence-electron chi connectivity index (χ4n) is 3.03. The Bertz CT molecular complexity index is 505. The topological polar surface area (TPSA) is 52.6 Å². The van der Waals surface area contributed by atoms with Crippen LogP contribution in [0, 0.1) is 5.92 Å². The standard InChI is InChI=1S/C19H30N2O2/c1-4-20-18(22)17-10-12-21(14-17)13-16-7-5-15(6-8-16)9-11-19(2,3)23/h5-8,17,23H,4,9-14H2,1-3H3,(H,20,22). The number of hydrogen-bond acceptors (Lipinski definition) is 3. The molecule has 0 bridgehead atoms. The van der Waals surface area contributed by atoms with Crippen LogP contribution in [0.5, 0.6) is 0 Å². The minimum Gasteiger partial charge on any atom is -0.390 e. The molecule has 1 amide bonds. The molecule has 128 valence electrons. The molecular weight excluding hydrogens is 288 g/mol. The van der Waals surface area contributed by atoms with Crippen LogP contribution in [-0.4, -0.2) is 41.1 Å². The number of amides is 1. The number of rotatable bonds is 7. The first kappa shape index (κ1) is 18.0. The molecule has 2 rings (SSSR count). The first-order valence-corrected chi connectivity index (χ1v) is 8.67. The lowest BCUT2D eigenvalue weighted by molar-refractivity contribution is -0.124. The van der Waals surface area contributed by atoms with Crippen LogP contribution in [0.15, 0.2) is 24.3 Å². The van der Waals surface area contributed by atoms with Crippen molar-refractivity contribution in [2.45, 2.75) is 52.2 Å². The number of aliphatic hydroxyl groups is 1. The molecule has 1 saturated heterocycles. The normalized spacial score (nSPS) is 19.0. The number of benzene rings is 1. The first-order chi connectivity index (χ1) is 10.9. The summed E-state index contributed by atoms with van der Waals surface area (Å²) in [4.78, 5) is 14.2. The summed E-state index contributed by atoms with van der Waals surface area (Å²) in [5.74, 6) is 0.331. The Morgan fingerprint density at radius 2 is 1.96 bits per heavy atom. The number of carbonyl (C=O) groups is 1. The molecule has 1 aliphatic heterocycles. The first-order valence-electron chi connectivity index (χ1n) is 8.67. The van der Waals surface area contributed by atoms with E-state index in [1.165, 1.54) is 11.1 Å². The van der Waals surface area contributed by atoms with Gasteiger partial charge in [0.2, 0.25) is 5.91 Å². The number of nitrogens with one attached hydrogen (secondary N) is 1. The summed E-state index contributed by atoms with van der Waals surface area (Å²) >= 11 is 0. The fourth-order valence-corrected chi connectivity index (χ4v) is 3.03. The summed E-state index contributed by atoms with van der Waals surface area (Å²) in [6.45, 7) is 9.11. The van der Waals surface area contributed by atoms with E-state index in [0.29, 0.717) is 6.54 Å². The molecular formula is C19H30N2O2. The second kappa shape index (κ2) is 7.93. The van der Waals surface area contributed by atoms with E-state index < -0.39 is 5.60 Å². The van der Waals surface area contributed by atoms with E-state index in [-0.39, 0.29) is 11.8 Å². The van der Waals surface area contributed by atoms with Gasteiger partial charge in [0.05, 0.1) is 11.5 Å². The van der Waals surface area contributed by atoms with Gasteiger partial charge < -0.3 is 10.4 Å². The molecule has 1 atom stereocenters. The van der Waals surface area contributed by atoms with Gasteiger partial charge in [-0.25, -0.2) is 0 Å². The summed E-state index contributed by atoms with van der Waals surface area (Å²) in [5, 5.41) is 12.7. The summed E-state index contributed by atoms with van der Waals surface area (Å²) in [7, 11) is 0. The second-order valence-corrected chi connectivity index (χ2v) is 7.24. The van der Waals surface area contributed by atoms with Crippen molar-refractivity contribution in [2.24, 2.45) is 5.92 Å². The molecule has 4 nitrogen and oxygen atoms in total. The molecule has 2 N–H and O–H groups in total. The fraction of sp³-hybridized carbons (Fsp3) is 0.632. The largest absolute Gasteiger partial charge is 0.390 e. The van der Waals surface area contributed by atoms with Gasteiger partial charge in [0.15, 0.2) is 0 Å². The third kappa shape index (κ3) is 5.96. The number of likely N-dealkylation sites (tertiary alicyclic amines) is 1. The highest BCUT2D eigenvalue weighted by molar-refractivity contribution is 5.79. The van der Waals surface area contributed by atoms with Gasteiger partial charge in [-0.1, -0.05) is 24.3 Å². The zero-order valence-corrected chi connectivity index (χ0v) is 14.6. The van der Waals surface area contributed by atoms with Crippen LogP contribution in [0.1, 0.15) is 44.7 Å². The quantitative estimate of drug-likeness (QED) is 0.811. The van der Waals surface area contributed by atoms with Gasteiger partial charge in [0.1, 0.15) is 0 Å². The third-order valence-electron chi connectivity index (χ3n) is 4.45. The van der Waals surface area contributed by atoms with Gasteiger partial charge in [-0.3, -0.25) is 9.69 Å². The zero-order valence-electron chi connectivity index (χ0n) is 14.6. The summed E-state index contributed by atoms with van der Waals surface area (Å²) in [5.41, 5.74) is 1.94. The smallest absolute Gasteiger partial charge is 0.224 e. The van der Waals surface area contributed by atoms with Crippen molar-refractivity contribution >= 4 is 5.91 Å². The Balaban J connectivity index is 1.81. The van der Waals surface area contributed by atoms with Gasteiger partial charge in [-0.05, 0) is 57.7 Å². The van der Waals surface area contributed by atoms with Gasteiger partial charge in [0, 0.05) is 19.6 Å². The van der Waals surface area contributed by atoms with Crippen LogP contribution in [0.2, 0.25) is 0 Å². The average molecular weight is 318 g/mol. The van der Waals surface area contributed by atoms with Crippen LogP contribution < -0.4 is 5.32 Å². The van der Waals surface area contributed by atoms with Crippen LogP contribution in [0.25, 0.3) is 0 Å². The molecule has 0 aliphatic carbocycles. The molecule has 1 aromatic carbocycles. The lowest BCUT2D eigenvalue weighted by Gasteiger charge is -2.18.